The molecule has 0 unspecified atom stereocenters. The molecule has 0 aliphatic rings. The molecular weight excluding hydrogens is 358 g/mol. The van der Waals surface area contributed by atoms with E-state index in [1.807, 2.05) is 0 Å². The third-order valence-electron chi connectivity index (χ3n) is 5.81. The van der Waals surface area contributed by atoms with Crippen LogP contribution in [0.2, 0.25) is 0 Å². The molecule has 0 rings (SSSR count). The third-order valence-corrected chi connectivity index (χ3v) is 11.7. The zero-order valence-corrected chi connectivity index (χ0v) is 18.9. The predicted octanol–water partition coefficient (Wildman–Crippen LogP) is 8.80. The second kappa shape index (κ2) is 18.6. The smallest absolute Gasteiger partial charge is 0.418 e. The molecule has 0 aromatic carbocycles. The number of hydrogen-bond donors (Lipinski definition) is 0. The molecule has 0 aromatic heterocycles. The van der Waals surface area contributed by atoms with Crippen molar-refractivity contribution in [3.05, 3.63) is 0 Å². The van der Waals surface area contributed by atoms with E-state index in [1.54, 1.807) is 6.16 Å². The molecule has 0 aromatic rings. The van der Waals surface area contributed by atoms with Gasteiger partial charge in [0.2, 0.25) is 0 Å². The van der Waals surface area contributed by atoms with Crippen molar-refractivity contribution in [3.8, 4) is 0 Å². The Morgan fingerprint density at radius 2 is 0.769 bits per heavy atom. The minimum atomic E-state index is -6.00. The van der Waals surface area contributed by atoms with Gasteiger partial charge in [0, 0.05) is 0 Å². The van der Waals surface area contributed by atoms with Crippen LogP contribution in [0.4, 0.5) is 17.3 Å². The van der Waals surface area contributed by atoms with Crippen LogP contribution in [0.15, 0.2) is 0 Å². The van der Waals surface area contributed by atoms with E-state index >= 15 is 0 Å². The number of halogens is 4. The van der Waals surface area contributed by atoms with Gasteiger partial charge in [-0.3, -0.25) is 0 Å². The number of hydrogen-bond acceptors (Lipinski definition) is 0. The van der Waals surface area contributed by atoms with Crippen LogP contribution in [0.3, 0.4) is 0 Å². The molecule has 26 heavy (non-hydrogen) atoms. The summed E-state index contributed by atoms with van der Waals surface area (Å²) < 4.78 is 39.0. The van der Waals surface area contributed by atoms with Crippen LogP contribution in [-0.2, 0) is 0 Å². The van der Waals surface area contributed by atoms with E-state index in [2.05, 4.69) is 27.7 Å². The maximum Gasteiger partial charge on any atom is 0.673 e. The zero-order chi connectivity index (χ0) is 20.3. The Labute approximate surface area is 161 Å². The zero-order valence-electron chi connectivity index (χ0n) is 17.9. The van der Waals surface area contributed by atoms with Crippen LogP contribution in [0.1, 0.15) is 105 Å². The van der Waals surface area contributed by atoms with Gasteiger partial charge >= 0.3 is 131 Å². The fourth-order valence-electron chi connectivity index (χ4n) is 3.62. The van der Waals surface area contributed by atoms with Gasteiger partial charge in [0.25, 0.3) is 0 Å². The van der Waals surface area contributed by atoms with Crippen molar-refractivity contribution in [1.29, 1.82) is 0 Å². The molecule has 0 amide bonds. The molecule has 0 nitrogen and oxygen atoms in total. The Morgan fingerprint density at radius 3 is 1.04 bits per heavy atom. The summed E-state index contributed by atoms with van der Waals surface area (Å²) in [4.78, 5) is 0. The van der Waals surface area contributed by atoms with Crippen molar-refractivity contribution in [3.63, 3.8) is 0 Å². The first-order valence-electron chi connectivity index (χ1n) is 11.1. The van der Waals surface area contributed by atoms with Crippen molar-refractivity contribution in [2.75, 3.05) is 24.6 Å². The van der Waals surface area contributed by atoms with Crippen molar-refractivity contribution in [1.82, 2.24) is 0 Å². The van der Waals surface area contributed by atoms with Gasteiger partial charge in [0.15, 0.2) is 0 Å². The second-order valence-corrected chi connectivity index (χ2v) is 13.3. The van der Waals surface area contributed by atoms with Gasteiger partial charge < -0.3 is 17.3 Å². The molecule has 162 valence electrons. The van der Waals surface area contributed by atoms with Gasteiger partial charge in [-0.2, -0.15) is 0 Å². The van der Waals surface area contributed by atoms with Crippen LogP contribution in [-0.4, -0.2) is 31.9 Å². The summed E-state index contributed by atoms with van der Waals surface area (Å²) in [7, 11) is -6.81. The minimum Gasteiger partial charge on any atom is -0.418 e. The maximum absolute atomic E-state index is 9.75. The van der Waals surface area contributed by atoms with E-state index in [-0.39, 0.29) is 0 Å². The van der Waals surface area contributed by atoms with Crippen LogP contribution < -0.4 is 0 Å². The largest absolute Gasteiger partial charge is 0.673 e. The van der Waals surface area contributed by atoms with E-state index < -0.39 is 14.5 Å². The van der Waals surface area contributed by atoms with Crippen molar-refractivity contribution < 1.29 is 17.3 Å². The van der Waals surface area contributed by atoms with Crippen LogP contribution in [0.25, 0.3) is 0 Å². The van der Waals surface area contributed by atoms with Gasteiger partial charge in [0.1, 0.15) is 0 Å². The first-order chi connectivity index (χ1) is 12.2. The average Bonchev–Trinajstić information content (AvgIpc) is 2.58. The van der Waals surface area contributed by atoms with Crippen molar-refractivity contribution >= 4 is 14.5 Å². The normalized spacial score (nSPS) is 12.6. The topological polar surface area (TPSA) is 0 Å². The Kier molecular flexibility index (Phi) is 20.3. The Morgan fingerprint density at radius 1 is 0.500 bits per heavy atom. The summed E-state index contributed by atoms with van der Waals surface area (Å²) in [5, 5.41) is 0. The minimum absolute atomic E-state index is 0.815. The van der Waals surface area contributed by atoms with E-state index in [4.69, 9.17) is 0 Å². The number of rotatable bonds is 16. The standard InChI is InChI=1S/C20H45P.BF4/c1-5-9-10-11-12-13-14-15-16-17-18-19-20-21(6-2,7-3)8-4;2-1(3,4)5/h21H,5-20H2,1-4H3;/q;-1. The summed E-state index contributed by atoms with van der Waals surface area (Å²) in [5.74, 6) is 0. The fourth-order valence-corrected chi connectivity index (χ4v) is 7.18. The summed E-state index contributed by atoms with van der Waals surface area (Å²) in [6, 6.07) is 0. The molecule has 0 aliphatic heterocycles. The maximum atomic E-state index is 9.75. The summed E-state index contributed by atoms with van der Waals surface area (Å²) in [6.07, 6.45) is 23.9. The van der Waals surface area contributed by atoms with Gasteiger partial charge in [-0.15, -0.1) is 0 Å². The van der Waals surface area contributed by atoms with Gasteiger partial charge in [-0.25, -0.2) is 0 Å². The molecular formula is C20H45BF4P-. The second-order valence-electron chi connectivity index (χ2n) is 7.69. The van der Waals surface area contributed by atoms with Crippen LogP contribution in [0.5, 0.6) is 0 Å². The van der Waals surface area contributed by atoms with E-state index in [0.29, 0.717) is 0 Å². The van der Waals surface area contributed by atoms with E-state index in [1.165, 1.54) is 95.5 Å². The van der Waals surface area contributed by atoms with Gasteiger partial charge in [-0.05, 0) is 0 Å². The molecule has 0 saturated carbocycles. The molecule has 0 radical (unpaired) electrons. The predicted molar refractivity (Wildman–Crippen MR) is 116 cm³/mol. The Bertz CT molecular complexity index is 267. The quantitative estimate of drug-likeness (QED) is 0.105. The fraction of sp³-hybridized carbons (Fsp3) is 1.00. The van der Waals surface area contributed by atoms with Crippen molar-refractivity contribution in [2.24, 2.45) is 0 Å². The first kappa shape index (κ1) is 28.4. The Hall–Kier alpha value is 0.215. The molecule has 6 heteroatoms. The SMILES string of the molecule is CCCCCCCCCCCCCC[PH](CC)(CC)CC.F[B-](F)(F)F. The molecule has 0 N–H and O–H groups in total. The number of unbranched alkanes of at least 4 members (excludes halogenated alkanes) is 11. The first-order valence-corrected chi connectivity index (χ1v) is 13.9. The molecule has 0 fully saturated rings. The average molecular weight is 403 g/mol. The van der Waals surface area contributed by atoms with E-state index in [0.717, 1.165) is 0 Å². The summed E-state index contributed by atoms with van der Waals surface area (Å²) >= 11 is 0. The van der Waals surface area contributed by atoms with Crippen LogP contribution in [0, 0.1) is 0 Å². The third kappa shape index (κ3) is 22.3. The summed E-state index contributed by atoms with van der Waals surface area (Å²) in [6.45, 7) is 9.63. The molecule has 0 atom stereocenters. The van der Waals surface area contributed by atoms with Gasteiger partial charge in [0.05, 0.1) is 0 Å². The molecule has 0 spiro atoms. The Balaban J connectivity index is 0. The molecule has 0 saturated heterocycles. The van der Waals surface area contributed by atoms with E-state index in [9.17, 15) is 17.3 Å². The molecule has 0 bridgehead atoms. The molecule has 0 heterocycles. The van der Waals surface area contributed by atoms with Crippen LogP contribution >= 0.6 is 7.26 Å². The van der Waals surface area contributed by atoms with Gasteiger partial charge in [-0.1, -0.05) is 13.3 Å². The monoisotopic (exact) mass is 403 g/mol. The summed E-state index contributed by atoms with van der Waals surface area (Å²) in [5.41, 5.74) is 0. The van der Waals surface area contributed by atoms with Crippen molar-refractivity contribution in [2.45, 2.75) is 105 Å². The molecule has 0 aliphatic carbocycles.